The molecule has 4 nitrogen and oxygen atoms in total. The maximum Gasteiger partial charge on any atom is 0.114 e. The smallest absolute Gasteiger partial charge is 0.114 e. The van der Waals surface area contributed by atoms with E-state index in [4.69, 9.17) is 4.74 Å². The molecule has 2 aromatic rings. The van der Waals surface area contributed by atoms with Gasteiger partial charge in [0.15, 0.2) is 0 Å². The molecular weight excluding hydrogens is 246 g/mol. The van der Waals surface area contributed by atoms with Crippen molar-refractivity contribution in [1.29, 1.82) is 0 Å². The van der Waals surface area contributed by atoms with E-state index >= 15 is 0 Å². The van der Waals surface area contributed by atoms with Crippen LogP contribution >= 0.6 is 11.3 Å². The topological polar surface area (TPSA) is 39.9 Å². The molecule has 5 heteroatoms. The van der Waals surface area contributed by atoms with Crippen molar-refractivity contribution in [3.63, 3.8) is 0 Å². The Bertz CT molecular complexity index is 494. The molecule has 1 saturated heterocycles. The van der Waals surface area contributed by atoms with E-state index in [9.17, 15) is 0 Å². The molecule has 18 heavy (non-hydrogen) atoms. The predicted molar refractivity (Wildman–Crippen MR) is 70.8 cm³/mol. The molecule has 1 aliphatic rings. The minimum absolute atomic E-state index is 0.346. The van der Waals surface area contributed by atoms with Gasteiger partial charge in [-0.2, -0.15) is 0 Å². The van der Waals surface area contributed by atoms with Crippen LogP contribution in [0.5, 0.6) is 0 Å². The van der Waals surface area contributed by atoms with Crippen molar-refractivity contribution < 1.29 is 4.74 Å². The highest BCUT2D eigenvalue weighted by Crippen LogP contribution is 2.26. The summed E-state index contributed by atoms with van der Waals surface area (Å²) in [6.45, 7) is 2.99. The minimum atomic E-state index is 0.346. The van der Waals surface area contributed by atoms with Crippen molar-refractivity contribution in [2.75, 3.05) is 6.61 Å². The van der Waals surface area contributed by atoms with Gasteiger partial charge in [-0.05, 0) is 19.8 Å². The molecule has 0 unspecified atom stereocenters. The van der Waals surface area contributed by atoms with Crippen LogP contribution in [0.4, 0.5) is 0 Å². The van der Waals surface area contributed by atoms with Crippen LogP contribution in [0.3, 0.4) is 0 Å². The number of imidazole rings is 1. The molecule has 0 aromatic carbocycles. The zero-order valence-electron chi connectivity index (χ0n) is 10.5. The molecular formula is C13H17N3OS. The third-order valence-corrected chi connectivity index (χ3v) is 4.06. The molecule has 0 aliphatic carbocycles. The molecule has 2 atom stereocenters. The molecule has 0 saturated carbocycles. The monoisotopic (exact) mass is 263 g/mol. The second-order valence-electron chi connectivity index (χ2n) is 4.77. The number of rotatable bonds is 3. The van der Waals surface area contributed by atoms with E-state index in [1.807, 2.05) is 11.7 Å². The predicted octanol–water partition coefficient (Wildman–Crippen LogP) is 2.67. The Morgan fingerprint density at radius 1 is 1.50 bits per heavy atom. The summed E-state index contributed by atoms with van der Waals surface area (Å²) >= 11 is 1.64. The Morgan fingerprint density at radius 3 is 3.22 bits per heavy atom. The van der Waals surface area contributed by atoms with Crippen LogP contribution in [0.25, 0.3) is 0 Å². The second-order valence-corrected chi connectivity index (χ2v) is 5.49. The highest BCUT2D eigenvalue weighted by Gasteiger charge is 2.22. The van der Waals surface area contributed by atoms with Gasteiger partial charge >= 0.3 is 0 Å². The summed E-state index contributed by atoms with van der Waals surface area (Å²) in [5, 5.41) is 2.09. The van der Waals surface area contributed by atoms with E-state index in [-0.39, 0.29) is 0 Å². The minimum Gasteiger partial charge on any atom is -0.378 e. The van der Waals surface area contributed by atoms with Crippen molar-refractivity contribution in [1.82, 2.24) is 14.5 Å². The molecule has 1 aliphatic heterocycles. The molecule has 2 aromatic heterocycles. The fourth-order valence-corrected chi connectivity index (χ4v) is 3.09. The Hall–Kier alpha value is -1.20. The van der Waals surface area contributed by atoms with Crippen molar-refractivity contribution in [2.45, 2.75) is 38.3 Å². The van der Waals surface area contributed by atoms with Gasteiger partial charge in [-0.1, -0.05) is 0 Å². The van der Waals surface area contributed by atoms with Crippen LogP contribution in [-0.4, -0.2) is 27.2 Å². The third kappa shape index (κ3) is 2.47. The number of ether oxygens (including phenoxy) is 1. The summed E-state index contributed by atoms with van der Waals surface area (Å²) in [6.07, 6.45) is 7.29. The number of nitrogens with zero attached hydrogens (tertiary/aromatic N) is 3. The lowest BCUT2D eigenvalue weighted by molar-refractivity contribution is 0.00548. The highest BCUT2D eigenvalue weighted by atomic mass is 32.1. The Balaban J connectivity index is 1.78. The average Bonchev–Trinajstić information content (AvgIpc) is 3.01. The van der Waals surface area contributed by atoms with Gasteiger partial charge in [0.25, 0.3) is 0 Å². The second kappa shape index (κ2) is 5.20. The third-order valence-electron chi connectivity index (χ3n) is 3.42. The van der Waals surface area contributed by atoms with E-state index in [2.05, 4.69) is 33.0 Å². The molecule has 0 N–H and O–H groups in total. The quantitative estimate of drug-likeness (QED) is 0.854. The van der Waals surface area contributed by atoms with Crippen molar-refractivity contribution in [3.8, 4) is 0 Å². The van der Waals surface area contributed by atoms with Gasteiger partial charge in [-0.15, -0.1) is 11.3 Å². The van der Waals surface area contributed by atoms with Crippen LogP contribution in [0, 0.1) is 0 Å². The molecule has 0 radical (unpaired) electrons. The lowest BCUT2D eigenvalue weighted by Gasteiger charge is -2.29. The Kier molecular flexibility index (Phi) is 3.43. The number of thiazole rings is 1. The summed E-state index contributed by atoms with van der Waals surface area (Å²) in [5.41, 5.74) is 2.98. The first kappa shape index (κ1) is 11.9. The lowest BCUT2D eigenvalue weighted by Crippen LogP contribution is -2.26. The van der Waals surface area contributed by atoms with E-state index in [1.54, 1.807) is 11.3 Å². The summed E-state index contributed by atoms with van der Waals surface area (Å²) in [5.74, 6) is 1.11. The molecule has 0 spiro atoms. The van der Waals surface area contributed by atoms with E-state index < -0.39 is 0 Å². The summed E-state index contributed by atoms with van der Waals surface area (Å²) in [4.78, 5) is 8.81. The Labute approximate surface area is 111 Å². The van der Waals surface area contributed by atoms with Crippen LogP contribution < -0.4 is 0 Å². The first-order chi connectivity index (χ1) is 8.83. The van der Waals surface area contributed by atoms with Gasteiger partial charge in [-0.25, -0.2) is 9.97 Å². The van der Waals surface area contributed by atoms with Crippen molar-refractivity contribution in [2.24, 2.45) is 0 Å². The molecule has 3 rings (SSSR count). The fraction of sp³-hybridized carbons (Fsp3) is 0.538. The first-order valence-electron chi connectivity index (χ1n) is 6.33. The highest BCUT2D eigenvalue weighted by molar-refractivity contribution is 7.07. The average molecular weight is 263 g/mol. The molecule has 0 amide bonds. The number of aromatic nitrogens is 3. The largest absolute Gasteiger partial charge is 0.378 e. The fourth-order valence-electron chi connectivity index (χ4n) is 2.53. The van der Waals surface area contributed by atoms with E-state index in [0.717, 1.165) is 37.4 Å². The van der Waals surface area contributed by atoms with Gasteiger partial charge in [0.05, 0.1) is 17.3 Å². The molecule has 0 bridgehead atoms. The van der Waals surface area contributed by atoms with Crippen LogP contribution in [-0.2, 0) is 11.2 Å². The maximum atomic E-state index is 5.61. The number of hydrogen-bond acceptors (Lipinski definition) is 4. The lowest BCUT2D eigenvalue weighted by atomic mass is 10.0. The zero-order valence-corrected chi connectivity index (χ0v) is 11.3. The standard InChI is InChI=1S/C13H17N3OS/c1-10-6-12(2-5-17-10)16-4-3-14-13(16)7-11-8-18-9-15-11/h3-4,8-10,12H,2,5-7H2,1H3/t10-,12-/m1/s1. The van der Waals surface area contributed by atoms with Gasteiger partial charge in [0.1, 0.15) is 5.82 Å². The number of hydrogen-bond donors (Lipinski definition) is 0. The van der Waals surface area contributed by atoms with Crippen molar-refractivity contribution in [3.05, 3.63) is 34.8 Å². The molecule has 3 heterocycles. The maximum absolute atomic E-state index is 5.61. The normalized spacial score (nSPS) is 24.3. The van der Waals surface area contributed by atoms with E-state index in [1.165, 1.54) is 0 Å². The van der Waals surface area contributed by atoms with Crippen LogP contribution in [0.1, 0.15) is 37.3 Å². The first-order valence-corrected chi connectivity index (χ1v) is 7.27. The zero-order chi connectivity index (χ0) is 12.4. The Morgan fingerprint density at radius 2 is 2.44 bits per heavy atom. The van der Waals surface area contributed by atoms with Gasteiger partial charge in [0, 0.05) is 36.8 Å². The SMILES string of the molecule is C[C@@H]1C[C@H](n2ccnc2Cc2cscn2)CCO1. The van der Waals surface area contributed by atoms with Gasteiger partial charge in [-0.3, -0.25) is 0 Å². The van der Waals surface area contributed by atoms with Gasteiger partial charge in [0.2, 0.25) is 0 Å². The van der Waals surface area contributed by atoms with Crippen LogP contribution in [0.15, 0.2) is 23.3 Å². The summed E-state index contributed by atoms with van der Waals surface area (Å²) < 4.78 is 7.91. The summed E-state index contributed by atoms with van der Waals surface area (Å²) in [7, 11) is 0. The van der Waals surface area contributed by atoms with Crippen LogP contribution in [0.2, 0.25) is 0 Å². The molecule has 1 fully saturated rings. The van der Waals surface area contributed by atoms with Crippen molar-refractivity contribution >= 4 is 11.3 Å². The summed E-state index contributed by atoms with van der Waals surface area (Å²) in [6, 6.07) is 0.518. The molecule has 96 valence electrons. The van der Waals surface area contributed by atoms with E-state index in [0.29, 0.717) is 12.1 Å². The van der Waals surface area contributed by atoms with Gasteiger partial charge < -0.3 is 9.30 Å².